The van der Waals surface area contributed by atoms with Crippen molar-refractivity contribution >= 4 is 70.0 Å². The summed E-state index contributed by atoms with van der Waals surface area (Å²) >= 11 is 4.51. The molecule has 0 atom stereocenters. The molecule has 0 saturated carbocycles. The minimum atomic E-state index is -0.552. The Labute approximate surface area is 376 Å². The van der Waals surface area contributed by atoms with Crippen molar-refractivity contribution in [3.8, 4) is 0 Å². The molecule has 0 N–H and O–H groups in total. The lowest BCUT2D eigenvalue weighted by molar-refractivity contribution is 0.0817. The van der Waals surface area contributed by atoms with Gasteiger partial charge in [-0.05, 0) is 146 Å². The highest BCUT2D eigenvalue weighted by Gasteiger charge is 2.20. The van der Waals surface area contributed by atoms with Crippen molar-refractivity contribution in [1.29, 1.82) is 0 Å². The second-order valence-corrected chi connectivity index (χ2v) is 17.6. The number of carbonyl (C=O) groups excluding carboxylic acids is 6. The molecule has 9 heteroatoms. The summed E-state index contributed by atoms with van der Waals surface area (Å²) in [6.07, 6.45) is 0. The van der Waals surface area contributed by atoms with Gasteiger partial charge in [-0.15, -0.1) is 0 Å². The van der Waals surface area contributed by atoms with Crippen molar-refractivity contribution < 1.29 is 28.8 Å². The van der Waals surface area contributed by atoms with Gasteiger partial charge in [0.2, 0.25) is 23.1 Å². The van der Waals surface area contributed by atoms with Gasteiger partial charge in [-0.1, -0.05) is 95.9 Å². The summed E-state index contributed by atoms with van der Waals surface area (Å²) in [6, 6.07) is 60.4. The zero-order valence-corrected chi connectivity index (χ0v) is 35.8. The Morgan fingerprint density at radius 3 is 0.587 bits per heavy atom. The van der Waals surface area contributed by atoms with Gasteiger partial charge in [0.25, 0.3) is 0 Å². The fourth-order valence-electron chi connectivity index (χ4n) is 6.49. The molecule has 63 heavy (non-hydrogen) atoms. The van der Waals surface area contributed by atoms with Crippen LogP contribution in [0.25, 0.3) is 0 Å². The third-order valence-electron chi connectivity index (χ3n) is 9.89. The van der Waals surface area contributed by atoms with Crippen molar-refractivity contribution in [3.05, 3.63) is 251 Å². The highest BCUT2D eigenvalue weighted by atomic mass is 32.2. The predicted octanol–water partition coefficient (Wildman–Crippen LogP) is 12.7. The lowest BCUT2D eigenvalue weighted by atomic mass is 10.0. The fraction of sp³-hybridized carbons (Fsp3) is 0. The van der Waals surface area contributed by atoms with E-state index >= 15 is 0 Å². The van der Waals surface area contributed by atoms with Crippen LogP contribution in [-0.4, -0.2) is 34.7 Å². The first-order chi connectivity index (χ1) is 30.7. The van der Waals surface area contributed by atoms with Crippen LogP contribution in [0.5, 0.6) is 0 Å². The molecule has 0 radical (unpaired) electrons. The standard InChI is InChI=1S/C54H34O6S3/c55-49(39-15-27-45(28-16-39)62-47-31-19-41(20-32-47)53(59)51(57)35-7-3-1-4-8-35)37-11-23-43(24-12-37)61-44-25-13-38(14-26-44)50(56)40-17-29-46(30-18-40)63-48-33-21-42(22-34-48)54(60)52(58)36-9-5-2-6-10-36/h1-34H. The second-order valence-electron chi connectivity index (χ2n) is 14.2. The summed E-state index contributed by atoms with van der Waals surface area (Å²) in [5.41, 5.74) is 3.64. The molecule has 0 aliphatic rings. The van der Waals surface area contributed by atoms with E-state index in [9.17, 15) is 28.8 Å². The maximum absolute atomic E-state index is 13.3. The van der Waals surface area contributed by atoms with Crippen LogP contribution >= 0.6 is 35.3 Å². The second kappa shape index (κ2) is 19.7. The predicted molar refractivity (Wildman–Crippen MR) is 248 cm³/mol. The highest BCUT2D eigenvalue weighted by molar-refractivity contribution is 7.99. The van der Waals surface area contributed by atoms with Crippen LogP contribution in [0.15, 0.2) is 236 Å². The molecular weight excluding hydrogens is 841 g/mol. The molecule has 8 rings (SSSR count). The largest absolute Gasteiger partial charge is 0.289 e. The molecule has 0 saturated heterocycles. The minimum Gasteiger partial charge on any atom is -0.289 e. The van der Waals surface area contributed by atoms with Gasteiger partial charge in [0.05, 0.1) is 0 Å². The number of hydrogen-bond acceptors (Lipinski definition) is 9. The molecule has 304 valence electrons. The van der Waals surface area contributed by atoms with Crippen LogP contribution in [0.1, 0.15) is 73.3 Å². The lowest BCUT2D eigenvalue weighted by Gasteiger charge is -2.07. The molecule has 0 heterocycles. The Balaban J connectivity index is 0.811. The summed E-state index contributed by atoms with van der Waals surface area (Å²) in [7, 11) is 0. The van der Waals surface area contributed by atoms with Gasteiger partial charge in [-0.2, -0.15) is 0 Å². The van der Waals surface area contributed by atoms with Crippen LogP contribution in [0, 0.1) is 0 Å². The van der Waals surface area contributed by atoms with E-state index in [-0.39, 0.29) is 11.6 Å². The van der Waals surface area contributed by atoms with Crippen LogP contribution < -0.4 is 0 Å². The maximum Gasteiger partial charge on any atom is 0.233 e. The minimum absolute atomic E-state index is 0.0937. The molecule has 0 fully saturated rings. The first kappa shape index (κ1) is 42.5. The zero-order chi connectivity index (χ0) is 43.7. The van der Waals surface area contributed by atoms with Crippen molar-refractivity contribution in [3.63, 3.8) is 0 Å². The zero-order valence-electron chi connectivity index (χ0n) is 33.3. The van der Waals surface area contributed by atoms with Gasteiger partial charge in [-0.25, -0.2) is 0 Å². The number of carbonyl (C=O) groups is 6. The third kappa shape index (κ3) is 10.5. The molecule has 0 aliphatic heterocycles. The van der Waals surface area contributed by atoms with Gasteiger partial charge in [-0.3, -0.25) is 28.8 Å². The van der Waals surface area contributed by atoms with E-state index < -0.39 is 23.1 Å². The van der Waals surface area contributed by atoms with E-state index in [0.29, 0.717) is 44.5 Å². The number of benzene rings is 8. The van der Waals surface area contributed by atoms with Gasteiger partial charge in [0, 0.05) is 73.9 Å². The first-order valence-electron chi connectivity index (χ1n) is 19.7. The summed E-state index contributed by atoms with van der Waals surface area (Å²) in [4.78, 5) is 82.7. The van der Waals surface area contributed by atoms with Gasteiger partial charge in [0.1, 0.15) is 0 Å². The molecule has 0 amide bonds. The van der Waals surface area contributed by atoms with Crippen LogP contribution in [0.2, 0.25) is 0 Å². The maximum atomic E-state index is 13.3. The Morgan fingerprint density at radius 2 is 0.381 bits per heavy atom. The van der Waals surface area contributed by atoms with E-state index in [1.807, 2.05) is 72.8 Å². The van der Waals surface area contributed by atoms with E-state index in [1.54, 1.807) is 133 Å². The van der Waals surface area contributed by atoms with Gasteiger partial charge in [0.15, 0.2) is 11.6 Å². The summed E-state index contributed by atoms with van der Waals surface area (Å²) in [5, 5.41) is 0. The summed E-state index contributed by atoms with van der Waals surface area (Å²) < 4.78 is 0. The quantitative estimate of drug-likeness (QED) is 0.0693. The Kier molecular flexibility index (Phi) is 13.3. The Hall–Kier alpha value is -7.17. The topological polar surface area (TPSA) is 102 Å². The number of ketones is 6. The Morgan fingerprint density at radius 1 is 0.206 bits per heavy atom. The average molecular weight is 875 g/mol. The Bertz CT molecular complexity index is 2740. The van der Waals surface area contributed by atoms with Crippen molar-refractivity contribution in [2.24, 2.45) is 0 Å². The molecule has 8 aromatic carbocycles. The summed E-state index contributed by atoms with van der Waals surface area (Å²) in [6.45, 7) is 0. The number of Topliss-reactive ketones (excluding diaryl/α,β-unsaturated/α-hetero) is 4. The molecule has 0 spiro atoms. The summed E-state index contributed by atoms with van der Waals surface area (Å²) in [5.74, 6) is -2.37. The lowest BCUT2D eigenvalue weighted by Crippen LogP contribution is -2.14. The van der Waals surface area contributed by atoms with Gasteiger partial charge >= 0.3 is 0 Å². The van der Waals surface area contributed by atoms with E-state index in [0.717, 1.165) is 29.4 Å². The normalized spacial score (nSPS) is 10.8. The SMILES string of the molecule is O=C(C(=O)c1ccc(Sc2ccc(C(=O)c3ccc(Sc4ccc(C(=O)c5ccc(Sc6ccc(C(=O)C(=O)c7ccccc7)cc6)cc5)cc4)cc3)cc2)cc1)c1ccccc1. The fourth-order valence-corrected chi connectivity index (χ4v) is 8.94. The molecule has 0 aliphatic carbocycles. The van der Waals surface area contributed by atoms with Crippen LogP contribution in [0.4, 0.5) is 0 Å². The highest BCUT2D eigenvalue weighted by Crippen LogP contribution is 2.32. The van der Waals surface area contributed by atoms with Gasteiger partial charge < -0.3 is 0 Å². The van der Waals surface area contributed by atoms with Crippen molar-refractivity contribution in [1.82, 2.24) is 0 Å². The number of hydrogen-bond donors (Lipinski definition) is 0. The van der Waals surface area contributed by atoms with E-state index in [2.05, 4.69) is 0 Å². The molecule has 0 bridgehead atoms. The molecule has 0 aromatic heterocycles. The number of rotatable bonds is 16. The average Bonchev–Trinajstić information content (AvgIpc) is 3.34. The van der Waals surface area contributed by atoms with Crippen molar-refractivity contribution in [2.45, 2.75) is 29.4 Å². The van der Waals surface area contributed by atoms with Crippen molar-refractivity contribution in [2.75, 3.05) is 0 Å². The third-order valence-corrected chi connectivity index (χ3v) is 12.9. The smallest absolute Gasteiger partial charge is 0.233 e. The molecular formula is C54H34O6S3. The van der Waals surface area contributed by atoms with E-state index in [4.69, 9.17) is 0 Å². The van der Waals surface area contributed by atoms with Crippen LogP contribution in [-0.2, 0) is 0 Å². The van der Waals surface area contributed by atoms with Crippen LogP contribution in [0.3, 0.4) is 0 Å². The molecule has 8 aromatic rings. The van der Waals surface area contributed by atoms with E-state index in [1.165, 1.54) is 35.3 Å². The molecule has 0 unspecified atom stereocenters. The first-order valence-corrected chi connectivity index (χ1v) is 22.1. The monoisotopic (exact) mass is 874 g/mol. The molecule has 6 nitrogen and oxygen atoms in total.